The third-order valence-corrected chi connectivity index (χ3v) is 7.23. The summed E-state index contributed by atoms with van der Waals surface area (Å²) in [5, 5.41) is 4.87. The van der Waals surface area contributed by atoms with Gasteiger partial charge in [-0.1, -0.05) is 0 Å². The summed E-state index contributed by atoms with van der Waals surface area (Å²) in [5.74, 6) is 1.78. The van der Waals surface area contributed by atoms with Crippen molar-refractivity contribution in [2.45, 2.75) is 44.7 Å². The number of piperidine rings is 1. The van der Waals surface area contributed by atoms with Crippen molar-refractivity contribution in [1.29, 1.82) is 0 Å². The second-order valence-corrected chi connectivity index (χ2v) is 9.74. The zero-order valence-electron chi connectivity index (χ0n) is 20.0. The molecule has 3 aliphatic rings. The number of nitrogens with two attached hydrogens (primary N) is 1. The Kier molecular flexibility index (Phi) is 5.75. The monoisotopic (exact) mass is 476 g/mol. The summed E-state index contributed by atoms with van der Waals surface area (Å²) in [6, 6.07) is 5.84. The quantitative estimate of drug-likeness (QED) is 0.510. The van der Waals surface area contributed by atoms with Crippen molar-refractivity contribution in [3.8, 4) is 0 Å². The van der Waals surface area contributed by atoms with Crippen LogP contribution < -0.4 is 26.4 Å². The molecule has 4 N–H and O–H groups in total. The third-order valence-electron chi connectivity index (χ3n) is 7.23. The van der Waals surface area contributed by atoms with Gasteiger partial charge in [-0.05, 0) is 44.7 Å². The summed E-state index contributed by atoms with van der Waals surface area (Å²) in [6.07, 6.45) is 7.68. The van der Waals surface area contributed by atoms with Gasteiger partial charge in [-0.15, -0.1) is 0 Å². The smallest absolute Gasteiger partial charge is 0.254 e. The maximum Gasteiger partial charge on any atom is 0.254 e. The zero-order chi connectivity index (χ0) is 23.9. The number of nitrogens with one attached hydrogen (secondary N) is 2. The van der Waals surface area contributed by atoms with Crippen LogP contribution in [0.15, 0.2) is 30.6 Å². The molecule has 6 heterocycles. The summed E-state index contributed by atoms with van der Waals surface area (Å²) < 4.78 is 1.85. The fraction of sp³-hybridized carbons (Fsp3) is 0.500. The Bertz CT molecular complexity index is 1240. The highest BCUT2D eigenvalue weighted by molar-refractivity contribution is 5.95. The summed E-state index contributed by atoms with van der Waals surface area (Å²) >= 11 is 0. The predicted octanol–water partition coefficient (Wildman–Crippen LogP) is 1.17. The van der Waals surface area contributed by atoms with Gasteiger partial charge in [-0.25, -0.2) is 25.3 Å². The molecule has 3 saturated heterocycles. The highest BCUT2D eigenvalue weighted by Gasteiger charge is 2.31. The van der Waals surface area contributed by atoms with E-state index < -0.39 is 0 Å². The number of pyridine rings is 1. The maximum absolute atomic E-state index is 13.7. The first-order valence-corrected chi connectivity index (χ1v) is 12.4. The molecule has 0 aromatic carbocycles. The molecule has 184 valence electrons. The van der Waals surface area contributed by atoms with Crippen LogP contribution in [0.3, 0.4) is 0 Å². The number of aromatic nitrogens is 4. The molecule has 0 unspecified atom stereocenters. The number of nitrogens with zero attached hydrogens (tertiary/aromatic N) is 7. The van der Waals surface area contributed by atoms with Crippen LogP contribution in [-0.4, -0.2) is 69.4 Å². The number of fused-ring (bicyclic) bond motifs is 1. The van der Waals surface area contributed by atoms with E-state index in [0.29, 0.717) is 25.4 Å². The van der Waals surface area contributed by atoms with Crippen molar-refractivity contribution in [1.82, 2.24) is 35.3 Å². The van der Waals surface area contributed by atoms with Gasteiger partial charge in [-0.2, -0.15) is 5.10 Å². The average molecular weight is 477 g/mol. The minimum Gasteiger partial charge on any atom is -0.355 e. The number of carbonyl (C=O) groups is 1. The number of rotatable bonds is 4. The topological polar surface area (TPSA) is 120 Å². The van der Waals surface area contributed by atoms with Gasteiger partial charge in [0, 0.05) is 55.3 Å². The number of hydrogen-bond donors (Lipinski definition) is 3. The van der Waals surface area contributed by atoms with Gasteiger partial charge in [0.2, 0.25) is 0 Å². The largest absolute Gasteiger partial charge is 0.355 e. The second-order valence-electron chi connectivity index (χ2n) is 9.74. The Morgan fingerprint density at radius 2 is 1.97 bits per heavy atom. The van der Waals surface area contributed by atoms with Crippen LogP contribution in [0, 0.1) is 6.92 Å². The van der Waals surface area contributed by atoms with Crippen LogP contribution in [0.25, 0.3) is 5.65 Å². The Hall–Kier alpha value is -3.28. The van der Waals surface area contributed by atoms with Crippen LogP contribution >= 0.6 is 0 Å². The molecule has 3 aromatic heterocycles. The number of aryl methyl sites for hydroxylation is 1. The number of carbonyl (C=O) groups excluding carboxylic acids is 1. The average Bonchev–Trinajstić information content (AvgIpc) is 3.64. The molecule has 11 nitrogen and oxygen atoms in total. The highest BCUT2D eigenvalue weighted by Crippen LogP contribution is 2.33. The maximum atomic E-state index is 13.7. The van der Waals surface area contributed by atoms with Gasteiger partial charge in [0.05, 0.1) is 25.1 Å². The van der Waals surface area contributed by atoms with Gasteiger partial charge in [0.1, 0.15) is 11.6 Å². The van der Waals surface area contributed by atoms with Crippen LogP contribution in [0.1, 0.15) is 53.3 Å². The van der Waals surface area contributed by atoms with Gasteiger partial charge >= 0.3 is 0 Å². The van der Waals surface area contributed by atoms with Crippen LogP contribution in [0.4, 0.5) is 11.6 Å². The number of likely N-dealkylation sites (tertiary alicyclic amines) is 1. The molecule has 0 aliphatic carbocycles. The molecule has 1 amide bonds. The fourth-order valence-electron chi connectivity index (χ4n) is 5.37. The highest BCUT2D eigenvalue weighted by atomic mass is 16.2. The fourth-order valence-corrected chi connectivity index (χ4v) is 5.37. The summed E-state index contributed by atoms with van der Waals surface area (Å²) in [5.41, 5.74) is 15.7. The van der Waals surface area contributed by atoms with E-state index in [4.69, 9.17) is 15.8 Å². The third kappa shape index (κ3) is 4.19. The lowest BCUT2D eigenvalue weighted by Crippen LogP contribution is -2.38. The lowest BCUT2D eigenvalue weighted by molar-refractivity contribution is 0.0605. The standard InChI is InChI=1S/C24H32N10O/c1-16-12-34-22(29-23(16)31-9-6-18(25)13-31)11-19(30-34)20-4-2-3-8-33(20)24(35)17-5-7-26-21(10-17)32-14-27-28-15-32/h5,7,10-12,18,20,27-28H,2-4,6,8-9,13-15,25H2,1H3/t18-,20-/m0/s1. The lowest BCUT2D eigenvalue weighted by atomic mass is 9.98. The molecule has 2 atom stereocenters. The van der Waals surface area contributed by atoms with Crippen molar-refractivity contribution in [3.05, 3.63) is 47.4 Å². The molecule has 3 aromatic rings. The zero-order valence-corrected chi connectivity index (χ0v) is 20.0. The summed E-state index contributed by atoms with van der Waals surface area (Å²) in [6.45, 7) is 5.83. The van der Waals surface area contributed by atoms with Gasteiger partial charge < -0.3 is 20.4 Å². The van der Waals surface area contributed by atoms with E-state index in [1.54, 1.807) is 12.3 Å². The van der Waals surface area contributed by atoms with Crippen LogP contribution in [0.5, 0.6) is 0 Å². The SMILES string of the molecule is Cc1cn2nc([C@@H]3CCCCN3C(=O)c3ccnc(N4CNNC4)c3)cc2nc1N1CC[C@H](N)C1. The molecule has 0 spiro atoms. The lowest BCUT2D eigenvalue weighted by Gasteiger charge is -2.35. The number of amides is 1. The van der Waals surface area contributed by atoms with Gasteiger partial charge in [0.25, 0.3) is 5.91 Å². The Balaban J connectivity index is 1.29. The Morgan fingerprint density at radius 1 is 1.11 bits per heavy atom. The predicted molar refractivity (Wildman–Crippen MR) is 133 cm³/mol. The van der Waals surface area contributed by atoms with Crippen molar-refractivity contribution < 1.29 is 4.79 Å². The molecule has 6 rings (SSSR count). The minimum absolute atomic E-state index is 0.0198. The van der Waals surface area contributed by atoms with Crippen molar-refractivity contribution in [3.63, 3.8) is 0 Å². The van der Waals surface area contributed by atoms with Crippen molar-refractivity contribution in [2.24, 2.45) is 5.73 Å². The van der Waals surface area contributed by atoms with Crippen molar-refractivity contribution in [2.75, 3.05) is 42.8 Å². The van der Waals surface area contributed by atoms with Gasteiger partial charge in [-0.3, -0.25) is 4.79 Å². The second kappa shape index (κ2) is 9.06. The first-order valence-electron chi connectivity index (χ1n) is 12.4. The summed E-state index contributed by atoms with van der Waals surface area (Å²) in [7, 11) is 0. The number of anilines is 2. The number of hydrazine groups is 1. The van der Waals surface area contributed by atoms with E-state index in [-0.39, 0.29) is 18.0 Å². The Labute approximate surface area is 204 Å². The van der Waals surface area contributed by atoms with E-state index in [1.165, 1.54) is 0 Å². The van der Waals surface area contributed by atoms with E-state index in [0.717, 1.165) is 67.3 Å². The minimum atomic E-state index is -0.0753. The van der Waals surface area contributed by atoms with Crippen molar-refractivity contribution >= 4 is 23.2 Å². The van der Waals surface area contributed by atoms with E-state index in [2.05, 4.69) is 27.7 Å². The molecule has 0 bridgehead atoms. The molecule has 11 heteroatoms. The van der Waals surface area contributed by atoms with E-state index in [1.807, 2.05) is 32.6 Å². The first-order chi connectivity index (χ1) is 17.1. The number of hydrogen-bond acceptors (Lipinski definition) is 9. The first kappa shape index (κ1) is 22.2. The molecular weight excluding hydrogens is 444 g/mol. The molecule has 3 aliphatic heterocycles. The Morgan fingerprint density at radius 3 is 2.77 bits per heavy atom. The molecule has 0 radical (unpaired) electrons. The molecule has 3 fully saturated rings. The van der Waals surface area contributed by atoms with Gasteiger partial charge in [0.15, 0.2) is 5.65 Å². The molecule has 35 heavy (non-hydrogen) atoms. The van der Waals surface area contributed by atoms with E-state index in [9.17, 15) is 4.79 Å². The van der Waals surface area contributed by atoms with Crippen LogP contribution in [0.2, 0.25) is 0 Å². The van der Waals surface area contributed by atoms with E-state index >= 15 is 0 Å². The molecule has 0 saturated carbocycles. The normalized spacial score (nSPS) is 23.0. The molecular formula is C24H32N10O. The summed E-state index contributed by atoms with van der Waals surface area (Å²) in [4.78, 5) is 29.3. The van der Waals surface area contributed by atoms with Crippen LogP contribution in [-0.2, 0) is 0 Å².